The molecule has 3 aliphatic rings. The van der Waals surface area contributed by atoms with Crippen LogP contribution in [0.3, 0.4) is 0 Å². The van der Waals surface area contributed by atoms with Gasteiger partial charge in [-0.1, -0.05) is 11.3 Å². The Kier molecular flexibility index (Phi) is 7.75. The molecule has 5 nitrogen and oxygen atoms in total. The van der Waals surface area contributed by atoms with Crippen LogP contribution in [0.25, 0.3) is 0 Å². The molecule has 1 fully saturated rings. The van der Waals surface area contributed by atoms with Crippen molar-refractivity contribution in [3.05, 3.63) is 32.0 Å². The van der Waals surface area contributed by atoms with Crippen molar-refractivity contribution in [1.82, 2.24) is 15.2 Å². The van der Waals surface area contributed by atoms with Crippen LogP contribution in [0.5, 0.6) is 5.19 Å². The van der Waals surface area contributed by atoms with Gasteiger partial charge in [-0.15, -0.1) is 11.3 Å². The summed E-state index contributed by atoms with van der Waals surface area (Å²) >= 11 is 3.03. The molecule has 3 heterocycles. The molecule has 1 aliphatic heterocycles. The fourth-order valence-corrected chi connectivity index (χ4v) is 7.56. The molecule has 35 heavy (non-hydrogen) atoms. The van der Waals surface area contributed by atoms with Crippen molar-refractivity contribution in [2.24, 2.45) is 5.92 Å². The number of thiophene rings is 1. The predicted molar refractivity (Wildman–Crippen MR) is 136 cm³/mol. The zero-order valence-corrected chi connectivity index (χ0v) is 22.0. The number of ether oxygens (including phenoxy) is 1. The largest absolute Gasteiger partial charge is 0.464 e. The lowest BCUT2D eigenvalue weighted by molar-refractivity contribution is -0.0230. The fraction of sp³-hybridized carbons (Fsp3) is 0.692. The third-order valence-electron chi connectivity index (χ3n) is 7.58. The first-order valence-electron chi connectivity index (χ1n) is 13.0. The normalized spacial score (nSPS) is 22.9. The van der Waals surface area contributed by atoms with E-state index < -0.39 is 12.5 Å². The first-order valence-corrected chi connectivity index (χ1v) is 14.7. The third kappa shape index (κ3) is 6.41. The molecule has 0 spiro atoms. The summed E-state index contributed by atoms with van der Waals surface area (Å²) in [6, 6.07) is 0.293. The lowest BCUT2D eigenvalue weighted by Crippen LogP contribution is -2.38. The van der Waals surface area contributed by atoms with Gasteiger partial charge in [0.25, 0.3) is 17.0 Å². The number of aryl methyl sites for hydroxylation is 1. The van der Waals surface area contributed by atoms with Crippen molar-refractivity contribution in [3.63, 3.8) is 0 Å². The summed E-state index contributed by atoms with van der Waals surface area (Å²) in [5.74, 6) is -2.01. The number of hydrogen-bond acceptors (Lipinski definition) is 6. The molecule has 9 heteroatoms. The number of amides is 1. The summed E-state index contributed by atoms with van der Waals surface area (Å²) < 4.78 is 31.3. The Labute approximate surface area is 214 Å². The second-order valence-electron chi connectivity index (χ2n) is 10.5. The van der Waals surface area contributed by atoms with E-state index in [1.54, 1.807) is 11.3 Å². The van der Waals surface area contributed by atoms with Crippen LogP contribution in [0.15, 0.2) is 5.38 Å². The van der Waals surface area contributed by atoms with Gasteiger partial charge in [-0.25, -0.2) is 13.8 Å². The van der Waals surface area contributed by atoms with Crippen LogP contribution < -0.4 is 10.1 Å². The van der Waals surface area contributed by atoms with Gasteiger partial charge in [-0.3, -0.25) is 9.69 Å². The lowest BCUT2D eigenvalue weighted by Gasteiger charge is -2.32. The number of alkyl halides is 2. The number of carbonyl (C=O) groups is 1. The molecule has 2 aromatic heterocycles. The highest BCUT2D eigenvalue weighted by atomic mass is 32.1. The number of nitrogens with zero attached hydrogens (tertiary/aromatic N) is 2. The standard InChI is InChI=1S/C26H35F2N3O2S2/c1-26(27,28)16-33-25-30-21-14-31(13-11-22(21)35-25)12-10-17-6-8-19(9-7-17)29-24(32)23-20-5-3-2-4-18(20)15-34-23/h15,17,19H,2-14,16H2,1H3,(H,29,32). The van der Waals surface area contributed by atoms with Crippen molar-refractivity contribution in [2.75, 3.05) is 19.7 Å². The van der Waals surface area contributed by atoms with Gasteiger partial charge in [0.15, 0.2) is 6.61 Å². The molecule has 1 saturated carbocycles. The average molecular weight is 524 g/mol. The molecule has 192 valence electrons. The number of halogens is 2. The van der Waals surface area contributed by atoms with Gasteiger partial charge in [0.05, 0.1) is 10.6 Å². The molecule has 2 aliphatic carbocycles. The quantitative estimate of drug-likeness (QED) is 0.471. The molecule has 0 radical (unpaired) electrons. The Balaban J connectivity index is 1.04. The molecule has 1 amide bonds. The molecule has 5 rings (SSSR count). The zero-order valence-electron chi connectivity index (χ0n) is 20.4. The van der Waals surface area contributed by atoms with Gasteiger partial charge < -0.3 is 10.1 Å². The molecule has 0 atom stereocenters. The van der Waals surface area contributed by atoms with E-state index in [0.717, 1.165) is 88.5 Å². The van der Waals surface area contributed by atoms with Gasteiger partial charge in [0, 0.05) is 30.9 Å². The molecule has 0 saturated heterocycles. The van der Waals surface area contributed by atoms with E-state index >= 15 is 0 Å². The molecular weight excluding hydrogens is 488 g/mol. The van der Waals surface area contributed by atoms with Crippen LogP contribution in [0, 0.1) is 5.92 Å². The average Bonchev–Trinajstić information content (AvgIpc) is 3.45. The van der Waals surface area contributed by atoms with Crippen LogP contribution in [0.1, 0.15) is 83.2 Å². The number of nitrogens with one attached hydrogen (secondary N) is 1. The maximum absolute atomic E-state index is 13.1. The molecule has 2 aromatic rings. The fourth-order valence-electron chi connectivity index (χ4n) is 5.59. The second-order valence-corrected chi connectivity index (χ2v) is 12.4. The minimum atomic E-state index is -2.84. The highest BCUT2D eigenvalue weighted by Crippen LogP contribution is 2.33. The molecular formula is C26H35F2N3O2S2. The Morgan fingerprint density at radius 2 is 2.03 bits per heavy atom. The van der Waals surface area contributed by atoms with E-state index in [1.165, 1.54) is 40.2 Å². The van der Waals surface area contributed by atoms with Crippen LogP contribution in [-0.4, -0.2) is 47.5 Å². The first-order chi connectivity index (χ1) is 16.8. The topological polar surface area (TPSA) is 54.5 Å². The number of hydrogen-bond donors (Lipinski definition) is 1. The number of rotatable bonds is 8. The maximum Gasteiger partial charge on any atom is 0.278 e. The molecule has 0 aromatic carbocycles. The summed E-state index contributed by atoms with van der Waals surface area (Å²) in [4.78, 5) is 21.9. The summed E-state index contributed by atoms with van der Waals surface area (Å²) in [5.41, 5.74) is 3.68. The van der Waals surface area contributed by atoms with Crippen molar-refractivity contribution in [1.29, 1.82) is 0 Å². The van der Waals surface area contributed by atoms with E-state index in [0.29, 0.717) is 17.2 Å². The lowest BCUT2D eigenvalue weighted by atomic mass is 9.84. The molecule has 0 unspecified atom stereocenters. The van der Waals surface area contributed by atoms with Crippen molar-refractivity contribution in [3.8, 4) is 5.19 Å². The minimum Gasteiger partial charge on any atom is -0.464 e. The van der Waals surface area contributed by atoms with Crippen molar-refractivity contribution >= 4 is 28.6 Å². The van der Waals surface area contributed by atoms with Crippen molar-refractivity contribution < 1.29 is 18.3 Å². The summed E-state index contributed by atoms with van der Waals surface area (Å²) in [7, 11) is 0. The van der Waals surface area contributed by atoms with E-state index in [4.69, 9.17) is 4.74 Å². The van der Waals surface area contributed by atoms with Gasteiger partial charge in [0.2, 0.25) is 0 Å². The van der Waals surface area contributed by atoms with Gasteiger partial charge in [0.1, 0.15) is 0 Å². The second kappa shape index (κ2) is 10.8. The maximum atomic E-state index is 13.1. The van der Waals surface area contributed by atoms with E-state index in [1.807, 2.05) is 0 Å². The predicted octanol–water partition coefficient (Wildman–Crippen LogP) is 5.85. The van der Waals surface area contributed by atoms with Crippen LogP contribution >= 0.6 is 22.7 Å². The summed E-state index contributed by atoms with van der Waals surface area (Å²) in [6.45, 7) is 3.02. The Hall–Kier alpha value is -1.58. The van der Waals surface area contributed by atoms with E-state index in [-0.39, 0.29) is 5.91 Å². The Bertz CT molecular complexity index is 1020. The van der Waals surface area contributed by atoms with Crippen LogP contribution in [0.2, 0.25) is 0 Å². The van der Waals surface area contributed by atoms with Crippen LogP contribution in [0.4, 0.5) is 8.78 Å². The Morgan fingerprint density at radius 1 is 1.23 bits per heavy atom. The number of aromatic nitrogens is 1. The van der Waals surface area contributed by atoms with Gasteiger partial charge in [-0.05, 0) is 93.2 Å². The van der Waals surface area contributed by atoms with Gasteiger partial charge in [-0.2, -0.15) is 0 Å². The highest BCUT2D eigenvalue weighted by molar-refractivity contribution is 7.13. The Morgan fingerprint density at radius 3 is 2.83 bits per heavy atom. The minimum absolute atomic E-state index is 0.139. The van der Waals surface area contributed by atoms with Gasteiger partial charge >= 0.3 is 0 Å². The molecule has 0 bridgehead atoms. The summed E-state index contributed by atoms with van der Waals surface area (Å²) in [6.07, 6.45) is 11.1. The number of thiazole rings is 1. The summed E-state index contributed by atoms with van der Waals surface area (Å²) in [5, 5.41) is 5.88. The van der Waals surface area contributed by atoms with E-state index in [2.05, 4.69) is 20.6 Å². The zero-order chi connectivity index (χ0) is 24.4. The SMILES string of the molecule is CC(F)(F)COc1nc2c(s1)CCN(CCC1CCC(NC(=O)c3scc4c3CCCC4)CC1)C2. The smallest absolute Gasteiger partial charge is 0.278 e. The number of fused-ring (bicyclic) bond motifs is 2. The monoisotopic (exact) mass is 523 g/mol. The number of carbonyl (C=O) groups excluding carboxylic acids is 1. The third-order valence-corrected chi connectivity index (χ3v) is 9.72. The first kappa shape index (κ1) is 25.1. The van der Waals surface area contributed by atoms with Crippen molar-refractivity contribution in [2.45, 2.75) is 89.6 Å². The highest BCUT2D eigenvalue weighted by Gasteiger charge is 2.28. The molecule has 1 N–H and O–H groups in total. The van der Waals surface area contributed by atoms with Crippen LogP contribution in [-0.2, 0) is 25.8 Å². The van der Waals surface area contributed by atoms with E-state index in [9.17, 15) is 13.6 Å².